The molecule has 0 aliphatic carbocycles. The van der Waals surface area contributed by atoms with Crippen molar-refractivity contribution in [3.63, 3.8) is 0 Å². The van der Waals surface area contributed by atoms with Gasteiger partial charge in [-0.05, 0) is 0 Å². The molecule has 0 spiro atoms. The van der Waals surface area contributed by atoms with Crippen molar-refractivity contribution in [1.82, 2.24) is 4.90 Å². The van der Waals surface area contributed by atoms with Gasteiger partial charge in [0, 0.05) is 13.6 Å². The van der Waals surface area contributed by atoms with Gasteiger partial charge in [0.05, 0.1) is 0 Å². The molecule has 0 saturated carbocycles. The van der Waals surface area contributed by atoms with Crippen molar-refractivity contribution in [2.24, 2.45) is 0 Å². The van der Waals surface area contributed by atoms with E-state index in [-0.39, 0.29) is 12.7 Å². The third-order valence-corrected chi connectivity index (χ3v) is 1.04. The van der Waals surface area contributed by atoms with Gasteiger partial charge in [-0.3, -0.25) is 0 Å². The Kier molecular flexibility index (Phi) is 4.90. The maximum Gasteiger partial charge on any atom is 0.410 e. The van der Waals surface area contributed by atoms with E-state index in [1.54, 1.807) is 13.1 Å². The monoisotopic (exact) mass is 155 g/mol. The molecule has 0 aliphatic rings. The number of hydrogen-bond acceptors (Lipinski definition) is 2. The molecule has 0 bridgehead atoms. The Hall–Kier alpha value is -1.25. The van der Waals surface area contributed by atoms with Crippen molar-refractivity contribution < 1.29 is 9.53 Å². The van der Waals surface area contributed by atoms with Crippen LogP contribution in [0.1, 0.15) is 0 Å². The molecule has 0 aliphatic heterocycles. The lowest BCUT2D eigenvalue weighted by atomic mass is 10.6. The van der Waals surface area contributed by atoms with E-state index in [1.807, 2.05) is 0 Å². The topological polar surface area (TPSA) is 29.5 Å². The van der Waals surface area contributed by atoms with Crippen molar-refractivity contribution in [3.05, 3.63) is 25.3 Å². The van der Waals surface area contributed by atoms with Crippen LogP contribution in [0.5, 0.6) is 0 Å². The van der Waals surface area contributed by atoms with Crippen molar-refractivity contribution in [2.75, 3.05) is 20.2 Å². The summed E-state index contributed by atoms with van der Waals surface area (Å²) in [5.74, 6) is 0. The van der Waals surface area contributed by atoms with Gasteiger partial charge in [0.2, 0.25) is 0 Å². The summed E-state index contributed by atoms with van der Waals surface area (Å²) in [5.41, 5.74) is 0. The summed E-state index contributed by atoms with van der Waals surface area (Å²) < 4.78 is 4.73. The van der Waals surface area contributed by atoms with Crippen LogP contribution in [-0.2, 0) is 4.74 Å². The maximum absolute atomic E-state index is 10.9. The third-order valence-electron chi connectivity index (χ3n) is 1.04. The van der Waals surface area contributed by atoms with E-state index in [0.717, 1.165) is 0 Å². The van der Waals surface area contributed by atoms with Crippen molar-refractivity contribution in [1.29, 1.82) is 0 Å². The number of carbonyl (C=O) groups is 1. The lowest BCUT2D eigenvalue weighted by Crippen LogP contribution is -2.27. The molecular weight excluding hydrogens is 142 g/mol. The standard InChI is InChI=1S/C8H13NO2/c1-4-6-9(3)8(10)11-7-5-2/h4-5H,1-2,6-7H2,3H3. The molecule has 0 aromatic heterocycles. The van der Waals surface area contributed by atoms with Gasteiger partial charge in [-0.1, -0.05) is 18.7 Å². The van der Waals surface area contributed by atoms with E-state index in [1.165, 1.54) is 11.0 Å². The summed E-state index contributed by atoms with van der Waals surface area (Å²) in [4.78, 5) is 12.3. The minimum Gasteiger partial charge on any atom is -0.445 e. The number of ether oxygens (including phenoxy) is 1. The molecule has 0 atom stereocenters. The highest BCUT2D eigenvalue weighted by Gasteiger charge is 2.05. The van der Waals surface area contributed by atoms with Crippen LogP contribution in [0.2, 0.25) is 0 Å². The number of likely N-dealkylation sites (N-methyl/N-ethyl adjacent to an activating group) is 1. The Morgan fingerprint density at radius 3 is 2.64 bits per heavy atom. The normalized spacial score (nSPS) is 8.45. The highest BCUT2D eigenvalue weighted by Crippen LogP contribution is 1.89. The smallest absolute Gasteiger partial charge is 0.410 e. The minimum absolute atomic E-state index is 0.250. The van der Waals surface area contributed by atoms with Crippen LogP contribution in [0.3, 0.4) is 0 Å². The number of amides is 1. The molecular formula is C8H13NO2. The van der Waals surface area contributed by atoms with Gasteiger partial charge in [-0.2, -0.15) is 0 Å². The first-order valence-electron chi connectivity index (χ1n) is 3.32. The molecule has 0 heterocycles. The first-order valence-corrected chi connectivity index (χ1v) is 3.32. The zero-order chi connectivity index (χ0) is 8.69. The summed E-state index contributed by atoms with van der Waals surface area (Å²) in [6, 6.07) is 0. The van der Waals surface area contributed by atoms with Crippen LogP contribution in [0.15, 0.2) is 25.3 Å². The van der Waals surface area contributed by atoms with Crippen molar-refractivity contribution >= 4 is 6.09 Å². The summed E-state index contributed by atoms with van der Waals surface area (Å²) >= 11 is 0. The van der Waals surface area contributed by atoms with Crippen molar-refractivity contribution in [3.8, 4) is 0 Å². The number of rotatable bonds is 4. The van der Waals surface area contributed by atoms with Crippen LogP contribution in [-0.4, -0.2) is 31.2 Å². The third kappa shape index (κ3) is 4.19. The molecule has 0 aromatic carbocycles. The lowest BCUT2D eigenvalue weighted by molar-refractivity contribution is 0.125. The second kappa shape index (κ2) is 5.53. The fourth-order valence-corrected chi connectivity index (χ4v) is 0.509. The molecule has 0 radical (unpaired) electrons. The summed E-state index contributed by atoms with van der Waals surface area (Å²) in [6.45, 7) is 7.66. The SMILES string of the molecule is C=CCOC(=O)N(C)CC=C. The van der Waals surface area contributed by atoms with E-state index in [2.05, 4.69) is 13.2 Å². The first kappa shape index (κ1) is 9.75. The molecule has 3 nitrogen and oxygen atoms in total. The van der Waals surface area contributed by atoms with Crippen LogP contribution >= 0.6 is 0 Å². The highest BCUT2D eigenvalue weighted by atomic mass is 16.6. The van der Waals surface area contributed by atoms with E-state index >= 15 is 0 Å². The zero-order valence-corrected chi connectivity index (χ0v) is 6.75. The molecule has 0 rings (SSSR count). The number of carbonyl (C=O) groups excluding carboxylic acids is 1. The Morgan fingerprint density at radius 2 is 2.18 bits per heavy atom. The number of hydrogen-bond donors (Lipinski definition) is 0. The molecule has 62 valence electrons. The quantitative estimate of drug-likeness (QED) is 0.575. The van der Waals surface area contributed by atoms with Crippen LogP contribution in [0.4, 0.5) is 4.79 Å². The van der Waals surface area contributed by atoms with Gasteiger partial charge in [-0.25, -0.2) is 4.79 Å². The molecule has 11 heavy (non-hydrogen) atoms. The predicted molar refractivity (Wildman–Crippen MR) is 44.4 cm³/mol. The van der Waals surface area contributed by atoms with Gasteiger partial charge in [-0.15, -0.1) is 6.58 Å². The molecule has 0 fully saturated rings. The fraction of sp³-hybridized carbons (Fsp3) is 0.375. The molecule has 0 saturated heterocycles. The zero-order valence-electron chi connectivity index (χ0n) is 6.75. The van der Waals surface area contributed by atoms with E-state index < -0.39 is 0 Å². The largest absolute Gasteiger partial charge is 0.445 e. The summed E-state index contributed by atoms with van der Waals surface area (Å²) in [7, 11) is 1.65. The minimum atomic E-state index is -0.357. The van der Waals surface area contributed by atoms with Gasteiger partial charge in [0.1, 0.15) is 6.61 Å². The molecule has 0 unspecified atom stereocenters. The first-order chi connectivity index (χ1) is 5.22. The Bertz CT molecular complexity index is 154. The Morgan fingerprint density at radius 1 is 1.55 bits per heavy atom. The Labute approximate surface area is 66.9 Å². The van der Waals surface area contributed by atoms with E-state index in [9.17, 15) is 4.79 Å². The molecule has 1 amide bonds. The average molecular weight is 155 g/mol. The highest BCUT2D eigenvalue weighted by molar-refractivity contribution is 5.67. The molecule has 3 heteroatoms. The average Bonchev–Trinajstić information content (AvgIpc) is 2.00. The van der Waals surface area contributed by atoms with Gasteiger partial charge in [0.25, 0.3) is 0 Å². The maximum atomic E-state index is 10.9. The molecule has 0 aromatic rings. The van der Waals surface area contributed by atoms with E-state index in [0.29, 0.717) is 6.54 Å². The van der Waals surface area contributed by atoms with E-state index in [4.69, 9.17) is 4.74 Å². The van der Waals surface area contributed by atoms with Gasteiger partial charge < -0.3 is 9.64 Å². The van der Waals surface area contributed by atoms with Crippen LogP contribution in [0.25, 0.3) is 0 Å². The fourth-order valence-electron chi connectivity index (χ4n) is 0.509. The molecule has 0 N–H and O–H groups in total. The second-order valence-electron chi connectivity index (χ2n) is 2.03. The summed E-state index contributed by atoms with van der Waals surface area (Å²) in [5, 5.41) is 0. The van der Waals surface area contributed by atoms with Gasteiger partial charge >= 0.3 is 6.09 Å². The Balaban J connectivity index is 3.62. The lowest BCUT2D eigenvalue weighted by Gasteiger charge is -2.13. The summed E-state index contributed by atoms with van der Waals surface area (Å²) in [6.07, 6.45) is 2.80. The second-order valence-corrected chi connectivity index (χ2v) is 2.03. The predicted octanol–water partition coefficient (Wildman–Crippen LogP) is 1.43. The van der Waals surface area contributed by atoms with Crippen molar-refractivity contribution in [2.45, 2.75) is 0 Å². The van der Waals surface area contributed by atoms with Gasteiger partial charge in [0.15, 0.2) is 0 Å². The van der Waals surface area contributed by atoms with Crippen LogP contribution in [0, 0.1) is 0 Å². The van der Waals surface area contributed by atoms with Crippen LogP contribution < -0.4 is 0 Å². The number of nitrogens with zero attached hydrogens (tertiary/aromatic N) is 1.